The van der Waals surface area contributed by atoms with Crippen LogP contribution in [0.2, 0.25) is 0 Å². The Labute approximate surface area is 97.0 Å². The van der Waals surface area contributed by atoms with E-state index in [1.165, 1.54) is 44.9 Å². The predicted octanol–water partition coefficient (Wildman–Crippen LogP) is 4.77. The zero-order chi connectivity index (χ0) is 10.2. The molecule has 0 aromatic rings. The average molecular weight is 259 g/mol. The molecule has 1 heteroatoms. The van der Waals surface area contributed by atoms with E-state index in [2.05, 4.69) is 29.8 Å². The minimum atomic E-state index is 0.773. The molecule has 14 heavy (non-hydrogen) atoms. The second kappa shape index (κ2) is 4.15. The minimum Gasteiger partial charge on any atom is -0.0885 e. The van der Waals surface area contributed by atoms with E-state index in [0.29, 0.717) is 0 Å². The van der Waals surface area contributed by atoms with Gasteiger partial charge < -0.3 is 0 Å². The molecule has 0 nitrogen and oxygen atoms in total. The van der Waals surface area contributed by atoms with Crippen molar-refractivity contribution in [2.24, 2.45) is 17.3 Å². The van der Waals surface area contributed by atoms with Crippen LogP contribution in [0.3, 0.4) is 0 Å². The van der Waals surface area contributed by atoms with E-state index in [-0.39, 0.29) is 0 Å². The fraction of sp³-hybridized carbons (Fsp3) is 1.00. The summed E-state index contributed by atoms with van der Waals surface area (Å²) in [6.45, 7) is 4.71. The minimum absolute atomic E-state index is 0.773. The second-order valence-corrected chi connectivity index (χ2v) is 6.81. The first-order chi connectivity index (χ1) is 6.66. The summed E-state index contributed by atoms with van der Waals surface area (Å²) in [5.74, 6) is 1.79. The fourth-order valence-corrected chi connectivity index (χ4v) is 4.38. The summed E-state index contributed by atoms with van der Waals surface area (Å²) < 4.78 is 0. The summed E-state index contributed by atoms with van der Waals surface area (Å²) in [4.78, 5) is 0.773. The van der Waals surface area contributed by atoms with Gasteiger partial charge in [0, 0.05) is 4.83 Å². The van der Waals surface area contributed by atoms with Gasteiger partial charge in [0.25, 0.3) is 0 Å². The Kier molecular flexibility index (Phi) is 3.26. The highest BCUT2D eigenvalue weighted by Crippen LogP contribution is 2.59. The SMILES string of the molecule is CC(C)C(Br)C1CCC12CCCCC2. The van der Waals surface area contributed by atoms with Crippen molar-refractivity contribution >= 4 is 15.9 Å². The molecule has 2 atom stereocenters. The van der Waals surface area contributed by atoms with Crippen molar-refractivity contribution in [2.75, 3.05) is 0 Å². The van der Waals surface area contributed by atoms with Crippen molar-refractivity contribution in [1.29, 1.82) is 0 Å². The van der Waals surface area contributed by atoms with Crippen LogP contribution >= 0.6 is 15.9 Å². The molecular formula is C13H23Br. The Hall–Kier alpha value is 0.480. The van der Waals surface area contributed by atoms with Crippen LogP contribution in [0.1, 0.15) is 58.8 Å². The second-order valence-electron chi connectivity index (χ2n) is 5.76. The van der Waals surface area contributed by atoms with Gasteiger partial charge in [-0.05, 0) is 42.9 Å². The Morgan fingerprint density at radius 1 is 1.07 bits per heavy atom. The Bertz CT molecular complexity index is 191. The third-order valence-corrected chi connectivity index (χ3v) is 6.31. The number of rotatable bonds is 2. The quantitative estimate of drug-likeness (QED) is 0.627. The van der Waals surface area contributed by atoms with Gasteiger partial charge in [-0.25, -0.2) is 0 Å². The third-order valence-electron chi connectivity index (χ3n) is 4.61. The van der Waals surface area contributed by atoms with E-state index in [1.807, 2.05) is 0 Å². The van der Waals surface area contributed by atoms with Crippen LogP contribution in [-0.2, 0) is 0 Å². The van der Waals surface area contributed by atoms with E-state index >= 15 is 0 Å². The molecule has 0 aromatic heterocycles. The van der Waals surface area contributed by atoms with E-state index in [1.54, 1.807) is 0 Å². The summed E-state index contributed by atoms with van der Waals surface area (Å²) in [6, 6.07) is 0. The lowest BCUT2D eigenvalue weighted by Crippen LogP contribution is -2.47. The largest absolute Gasteiger partial charge is 0.0885 e. The first kappa shape index (κ1) is 11.0. The number of hydrogen-bond acceptors (Lipinski definition) is 0. The van der Waals surface area contributed by atoms with Crippen molar-refractivity contribution < 1.29 is 0 Å². The van der Waals surface area contributed by atoms with Crippen molar-refractivity contribution in [1.82, 2.24) is 0 Å². The van der Waals surface area contributed by atoms with Gasteiger partial charge in [0.05, 0.1) is 0 Å². The summed E-state index contributed by atoms with van der Waals surface area (Å²) in [7, 11) is 0. The van der Waals surface area contributed by atoms with Crippen LogP contribution < -0.4 is 0 Å². The lowest BCUT2D eigenvalue weighted by molar-refractivity contribution is -0.0152. The van der Waals surface area contributed by atoms with E-state index in [4.69, 9.17) is 0 Å². The van der Waals surface area contributed by atoms with Crippen LogP contribution in [0.15, 0.2) is 0 Å². The molecule has 0 saturated heterocycles. The Morgan fingerprint density at radius 3 is 2.14 bits per heavy atom. The highest BCUT2D eigenvalue weighted by atomic mass is 79.9. The number of halogens is 1. The number of hydrogen-bond donors (Lipinski definition) is 0. The Balaban J connectivity index is 1.99. The molecule has 2 fully saturated rings. The van der Waals surface area contributed by atoms with Crippen LogP contribution in [0.25, 0.3) is 0 Å². The topological polar surface area (TPSA) is 0 Å². The molecule has 2 aliphatic carbocycles. The maximum atomic E-state index is 3.93. The zero-order valence-corrected chi connectivity index (χ0v) is 11.1. The maximum absolute atomic E-state index is 3.93. The van der Waals surface area contributed by atoms with Crippen molar-refractivity contribution in [3.63, 3.8) is 0 Å². The van der Waals surface area contributed by atoms with Crippen LogP contribution in [0.4, 0.5) is 0 Å². The third kappa shape index (κ3) is 1.77. The molecule has 0 heterocycles. The smallest absolute Gasteiger partial charge is 0.0202 e. The molecule has 0 radical (unpaired) electrons. The van der Waals surface area contributed by atoms with Gasteiger partial charge in [0.2, 0.25) is 0 Å². The summed E-state index contributed by atoms with van der Waals surface area (Å²) in [6.07, 6.45) is 10.5. The molecule has 2 rings (SSSR count). The van der Waals surface area contributed by atoms with E-state index < -0.39 is 0 Å². The summed E-state index contributed by atoms with van der Waals surface area (Å²) >= 11 is 3.93. The van der Waals surface area contributed by atoms with Gasteiger partial charge in [0.1, 0.15) is 0 Å². The first-order valence-corrected chi connectivity index (χ1v) is 7.21. The molecule has 0 bridgehead atoms. The maximum Gasteiger partial charge on any atom is 0.0202 e. The normalized spacial score (nSPS) is 33.0. The molecule has 1 spiro atoms. The Morgan fingerprint density at radius 2 is 1.71 bits per heavy atom. The van der Waals surface area contributed by atoms with Crippen LogP contribution in [0, 0.1) is 17.3 Å². The van der Waals surface area contributed by atoms with Crippen molar-refractivity contribution in [3.05, 3.63) is 0 Å². The average Bonchev–Trinajstić information content (AvgIpc) is 2.17. The standard InChI is InChI=1S/C13H23Br/c1-10(2)12(14)11-6-9-13(11)7-4-3-5-8-13/h10-12H,3-9H2,1-2H3. The molecule has 0 aromatic carbocycles. The molecule has 2 aliphatic rings. The molecular weight excluding hydrogens is 236 g/mol. The molecule has 0 amide bonds. The molecule has 82 valence electrons. The summed E-state index contributed by atoms with van der Waals surface area (Å²) in [5, 5.41) is 0. The van der Waals surface area contributed by atoms with Crippen molar-refractivity contribution in [3.8, 4) is 0 Å². The molecule has 0 aliphatic heterocycles. The summed E-state index contributed by atoms with van der Waals surface area (Å²) in [5.41, 5.74) is 0.774. The monoisotopic (exact) mass is 258 g/mol. The van der Waals surface area contributed by atoms with Gasteiger partial charge in [-0.2, -0.15) is 0 Å². The molecule has 2 saturated carbocycles. The zero-order valence-electron chi connectivity index (χ0n) is 9.56. The van der Waals surface area contributed by atoms with Crippen LogP contribution in [0.5, 0.6) is 0 Å². The van der Waals surface area contributed by atoms with Gasteiger partial charge in [0.15, 0.2) is 0 Å². The van der Waals surface area contributed by atoms with Crippen LogP contribution in [-0.4, -0.2) is 4.83 Å². The predicted molar refractivity (Wildman–Crippen MR) is 65.8 cm³/mol. The molecule has 0 N–H and O–H groups in total. The van der Waals surface area contributed by atoms with Gasteiger partial charge in [-0.1, -0.05) is 49.0 Å². The van der Waals surface area contributed by atoms with Gasteiger partial charge in [-0.15, -0.1) is 0 Å². The van der Waals surface area contributed by atoms with E-state index in [0.717, 1.165) is 22.1 Å². The highest BCUT2D eigenvalue weighted by molar-refractivity contribution is 9.09. The molecule has 2 unspecified atom stereocenters. The lowest BCUT2D eigenvalue weighted by Gasteiger charge is -2.55. The van der Waals surface area contributed by atoms with E-state index in [9.17, 15) is 0 Å². The first-order valence-electron chi connectivity index (χ1n) is 6.30. The highest BCUT2D eigenvalue weighted by Gasteiger charge is 2.49. The lowest BCUT2D eigenvalue weighted by atomic mass is 9.52. The van der Waals surface area contributed by atoms with Gasteiger partial charge in [-0.3, -0.25) is 0 Å². The van der Waals surface area contributed by atoms with Crippen molar-refractivity contribution in [2.45, 2.75) is 63.6 Å². The number of alkyl halides is 1. The fourth-order valence-electron chi connectivity index (χ4n) is 3.56. The van der Waals surface area contributed by atoms with Gasteiger partial charge >= 0.3 is 0 Å².